The molecule has 3 aromatic rings. The number of nitrogens with zero attached hydrogens (tertiary/aromatic N) is 1. The highest BCUT2D eigenvalue weighted by Gasteiger charge is 2.10. The molecule has 3 aromatic carbocycles. The summed E-state index contributed by atoms with van der Waals surface area (Å²) in [6, 6.07) is 25.3. The monoisotopic (exact) mass is 409 g/mol. The van der Waals surface area contributed by atoms with Crippen molar-refractivity contribution in [3.63, 3.8) is 0 Å². The molecular formula is C27H27N3O. The van der Waals surface area contributed by atoms with Crippen LogP contribution in [0.1, 0.15) is 42.0 Å². The number of hydrogen-bond acceptors (Lipinski definition) is 3. The summed E-state index contributed by atoms with van der Waals surface area (Å²) in [5.41, 5.74) is 6.30. The molecule has 2 N–H and O–H groups in total. The molecule has 0 fully saturated rings. The summed E-state index contributed by atoms with van der Waals surface area (Å²) < 4.78 is 0. The van der Waals surface area contributed by atoms with Crippen LogP contribution in [-0.4, -0.2) is 5.91 Å². The van der Waals surface area contributed by atoms with Gasteiger partial charge in [0, 0.05) is 22.6 Å². The van der Waals surface area contributed by atoms with Crippen LogP contribution in [0.25, 0.3) is 5.70 Å². The second kappa shape index (κ2) is 10.8. The summed E-state index contributed by atoms with van der Waals surface area (Å²) >= 11 is 0. The van der Waals surface area contributed by atoms with E-state index in [9.17, 15) is 10.1 Å². The van der Waals surface area contributed by atoms with Gasteiger partial charge < -0.3 is 10.6 Å². The smallest absolute Gasteiger partial charge is 0.228 e. The molecular weight excluding hydrogens is 382 g/mol. The number of unbranched alkanes of at least 4 members (excludes halogenated alkanes) is 1. The van der Waals surface area contributed by atoms with Crippen LogP contribution in [0.4, 0.5) is 11.4 Å². The SMILES string of the molecule is CCC/C=C(/Nc1cccc(C#N)c1)c1cc(NC(=O)Cc2ccccc2)ccc1C. The fourth-order valence-electron chi connectivity index (χ4n) is 3.32. The minimum Gasteiger partial charge on any atom is -0.355 e. The summed E-state index contributed by atoms with van der Waals surface area (Å²) in [5.74, 6) is -0.0465. The van der Waals surface area contributed by atoms with Crippen LogP contribution in [0.3, 0.4) is 0 Å². The maximum Gasteiger partial charge on any atom is 0.228 e. The third-order valence-electron chi connectivity index (χ3n) is 4.93. The Hall–Kier alpha value is -3.84. The van der Waals surface area contributed by atoms with Crippen LogP contribution < -0.4 is 10.6 Å². The van der Waals surface area contributed by atoms with Crippen LogP contribution in [0.2, 0.25) is 0 Å². The van der Waals surface area contributed by atoms with E-state index in [1.54, 1.807) is 6.07 Å². The Morgan fingerprint density at radius 3 is 2.48 bits per heavy atom. The van der Waals surface area contributed by atoms with Crippen molar-refractivity contribution >= 4 is 23.0 Å². The van der Waals surface area contributed by atoms with Gasteiger partial charge in [-0.1, -0.05) is 61.9 Å². The second-order valence-electron chi connectivity index (χ2n) is 7.46. The molecule has 31 heavy (non-hydrogen) atoms. The minimum atomic E-state index is -0.0465. The Morgan fingerprint density at radius 1 is 0.968 bits per heavy atom. The number of benzene rings is 3. The maximum atomic E-state index is 12.5. The summed E-state index contributed by atoms with van der Waals surface area (Å²) in [7, 11) is 0. The summed E-state index contributed by atoms with van der Waals surface area (Å²) in [6.45, 7) is 4.19. The molecule has 0 saturated heterocycles. The highest BCUT2D eigenvalue weighted by molar-refractivity contribution is 5.93. The predicted molar refractivity (Wildman–Crippen MR) is 128 cm³/mol. The number of anilines is 2. The molecule has 0 saturated carbocycles. The van der Waals surface area contributed by atoms with Gasteiger partial charge in [-0.25, -0.2) is 0 Å². The van der Waals surface area contributed by atoms with Gasteiger partial charge in [-0.3, -0.25) is 4.79 Å². The van der Waals surface area contributed by atoms with E-state index in [1.807, 2.05) is 66.7 Å². The van der Waals surface area contributed by atoms with Gasteiger partial charge >= 0.3 is 0 Å². The number of nitriles is 1. The van der Waals surface area contributed by atoms with E-state index in [2.05, 4.69) is 36.6 Å². The average Bonchev–Trinajstić information content (AvgIpc) is 2.78. The number of amides is 1. The summed E-state index contributed by atoms with van der Waals surface area (Å²) in [4.78, 5) is 12.5. The summed E-state index contributed by atoms with van der Waals surface area (Å²) in [6.07, 6.45) is 4.44. The van der Waals surface area contributed by atoms with E-state index in [4.69, 9.17) is 0 Å². The molecule has 0 aliphatic heterocycles. The molecule has 0 bridgehead atoms. The lowest BCUT2D eigenvalue weighted by atomic mass is 10.0. The van der Waals surface area contributed by atoms with Crippen molar-refractivity contribution in [1.29, 1.82) is 5.26 Å². The van der Waals surface area contributed by atoms with Crippen molar-refractivity contribution in [3.8, 4) is 6.07 Å². The Labute approximate surface area is 184 Å². The lowest BCUT2D eigenvalue weighted by molar-refractivity contribution is -0.115. The molecule has 0 aliphatic rings. The normalized spacial score (nSPS) is 10.9. The highest BCUT2D eigenvalue weighted by atomic mass is 16.1. The first-order chi connectivity index (χ1) is 15.1. The summed E-state index contributed by atoms with van der Waals surface area (Å²) in [5, 5.41) is 15.7. The molecule has 0 unspecified atom stereocenters. The standard InChI is InChI=1S/C27H27N3O/c1-3-4-13-26(29-23-12-8-11-22(16-23)19-28)25-18-24(15-14-20(25)2)30-27(31)17-21-9-6-5-7-10-21/h5-16,18,29H,3-4,17H2,1-2H3,(H,30,31)/b26-13+. The lowest BCUT2D eigenvalue weighted by Crippen LogP contribution is -2.14. The largest absolute Gasteiger partial charge is 0.355 e. The van der Waals surface area contributed by atoms with E-state index in [0.29, 0.717) is 12.0 Å². The van der Waals surface area contributed by atoms with Crippen LogP contribution >= 0.6 is 0 Å². The first kappa shape index (κ1) is 21.9. The van der Waals surface area contributed by atoms with Crippen LogP contribution in [0.5, 0.6) is 0 Å². The third kappa shape index (κ3) is 6.32. The maximum absolute atomic E-state index is 12.5. The van der Waals surface area contributed by atoms with Gasteiger partial charge in [0.25, 0.3) is 0 Å². The van der Waals surface area contributed by atoms with Crippen molar-refractivity contribution < 1.29 is 4.79 Å². The van der Waals surface area contributed by atoms with Crippen LogP contribution in [0.15, 0.2) is 78.9 Å². The number of aryl methyl sites for hydroxylation is 1. The van der Waals surface area contributed by atoms with Crippen molar-refractivity contribution in [2.75, 3.05) is 10.6 Å². The predicted octanol–water partition coefficient (Wildman–Crippen LogP) is 6.30. The fourth-order valence-corrected chi connectivity index (χ4v) is 3.32. The molecule has 4 nitrogen and oxygen atoms in total. The lowest BCUT2D eigenvalue weighted by Gasteiger charge is -2.16. The van der Waals surface area contributed by atoms with E-state index < -0.39 is 0 Å². The molecule has 156 valence electrons. The number of rotatable bonds is 8. The molecule has 4 heteroatoms. The van der Waals surface area contributed by atoms with Gasteiger partial charge in [0.2, 0.25) is 5.91 Å². The minimum absolute atomic E-state index is 0.0465. The number of carbonyl (C=O) groups excluding carboxylic acids is 1. The van der Waals surface area contributed by atoms with Gasteiger partial charge in [-0.2, -0.15) is 5.26 Å². The molecule has 0 spiro atoms. The van der Waals surface area contributed by atoms with Gasteiger partial charge in [0.1, 0.15) is 0 Å². The molecule has 0 heterocycles. The molecule has 3 rings (SSSR count). The van der Waals surface area contributed by atoms with Crippen molar-refractivity contribution in [3.05, 3.63) is 101 Å². The zero-order chi connectivity index (χ0) is 22.1. The van der Waals surface area contributed by atoms with Crippen molar-refractivity contribution in [1.82, 2.24) is 0 Å². The number of nitrogens with one attached hydrogen (secondary N) is 2. The third-order valence-corrected chi connectivity index (χ3v) is 4.93. The molecule has 0 aliphatic carbocycles. The zero-order valence-electron chi connectivity index (χ0n) is 18.0. The zero-order valence-corrected chi connectivity index (χ0v) is 18.0. The van der Waals surface area contributed by atoms with Gasteiger partial charge in [0.15, 0.2) is 0 Å². The number of allylic oxidation sites excluding steroid dienone is 1. The molecule has 0 radical (unpaired) electrons. The second-order valence-corrected chi connectivity index (χ2v) is 7.46. The Bertz CT molecular complexity index is 1110. The van der Waals surface area contributed by atoms with E-state index >= 15 is 0 Å². The Balaban J connectivity index is 1.83. The van der Waals surface area contributed by atoms with Crippen LogP contribution in [-0.2, 0) is 11.2 Å². The average molecular weight is 410 g/mol. The fraction of sp³-hybridized carbons (Fsp3) is 0.185. The first-order valence-corrected chi connectivity index (χ1v) is 10.5. The first-order valence-electron chi connectivity index (χ1n) is 10.5. The van der Waals surface area contributed by atoms with Crippen molar-refractivity contribution in [2.45, 2.75) is 33.1 Å². The van der Waals surface area contributed by atoms with Gasteiger partial charge in [0.05, 0.1) is 18.1 Å². The number of hydrogen-bond donors (Lipinski definition) is 2. The van der Waals surface area contributed by atoms with Gasteiger partial charge in [-0.15, -0.1) is 0 Å². The van der Waals surface area contributed by atoms with Crippen LogP contribution in [0, 0.1) is 18.3 Å². The van der Waals surface area contributed by atoms with Crippen molar-refractivity contribution in [2.24, 2.45) is 0 Å². The number of carbonyl (C=O) groups is 1. The topological polar surface area (TPSA) is 64.9 Å². The Kier molecular flexibility index (Phi) is 7.61. The van der Waals surface area contributed by atoms with Gasteiger partial charge in [-0.05, 0) is 54.8 Å². The molecule has 1 amide bonds. The molecule has 0 aromatic heterocycles. The van der Waals surface area contributed by atoms with E-state index in [1.165, 1.54) is 0 Å². The highest BCUT2D eigenvalue weighted by Crippen LogP contribution is 2.26. The quantitative estimate of drug-likeness (QED) is 0.459. The molecule has 0 atom stereocenters. The van der Waals surface area contributed by atoms with E-state index in [-0.39, 0.29) is 5.91 Å². The Morgan fingerprint density at radius 2 is 1.74 bits per heavy atom. The van der Waals surface area contributed by atoms with E-state index in [0.717, 1.165) is 46.6 Å².